The van der Waals surface area contributed by atoms with Crippen molar-refractivity contribution < 1.29 is 4.79 Å². The number of pyridine rings is 1. The topological polar surface area (TPSA) is 42.0 Å². The number of carbonyl (C=O) groups is 1. The van der Waals surface area contributed by atoms with Crippen molar-refractivity contribution in [2.24, 2.45) is 5.92 Å². The van der Waals surface area contributed by atoms with E-state index < -0.39 is 0 Å². The first-order valence-corrected chi connectivity index (χ1v) is 7.12. The van der Waals surface area contributed by atoms with E-state index in [0.717, 1.165) is 27.5 Å². The van der Waals surface area contributed by atoms with Crippen LogP contribution < -0.4 is 5.32 Å². The van der Waals surface area contributed by atoms with Gasteiger partial charge in [-0.1, -0.05) is 19.9 Å². The van der Waals surface area contributed by atoms with Crippen molar-refractivity contribution in [3.8, 4) is 0 Å². The average Bonchev–Trinajstić information content (AvgIpc) is 2.38. The summed E-state index contributed by atoms with van der Waals surface area (Å²) in [6.45, 7) is 4.34. The van der Waals surface area contributed by atoms with Gasteiger partial charge in [0.15, 0.2) is 0 Å². The molecule has 0 spiro atoms. The van der Waals surface area contributed by atoms with Crippen LogP contribution in [0.1, 0.15) is 29.9 Å². The van der Waals surface area contributed by atoms with Crippen LogP contribution in [-0.2, 0) is 6.42 Å². The molecule has 4 heteroatoms. The van der Waals surface area contributed by atoms with Crippen LogP contribution in [0.2, 0.25) is 0 Å². The molecule has 3 nitrogen and oxygen atoms in total. The molecule has 2 rings (SSSR count). The van der Waals surface area contributed by atoms with Crippen molar-refractivity contribution in [1.29, 1.82) is 0 Å². The number of amides is 1. The molecule has 1 amide bonds. The molecule has 100 valence electrons. The lowest BCUT2D eigenvalue weighted by molar-refractivity contribution is 0.0964. The standard InChI is InChI=1S/C15H17BrN2O/c1-9(2)8-10-4-5-11-12(15(19)17-3)6-7-13(16)14(11)18-10/h4-7,9H,8H2,1-3H3,(H,17,19). The number of aromatic nitrogens is 1. The molecular weight excluding hydrogens is 304 g/mol. The van der Waals surface area contributed by atoms with Gasteiger partial charge >= 0.3 is 0 Å². The molecule has 2 aromatic rings. The molecule has 1 N–H and O–H groups in total. The molecule has 0 aliphatic rings. The van der Waals surface area contributed by atoms with Gasteiger partial charge in [-0.15, -0.1) is 0 Å². The van der Waals surface area contributed by atoms with Gasteiger partial charge in [0.05, 0.1) is 5.52 Å². The molecule has 0 radical (unpaired) electrons. The van der Waals surface area contributed by atoms with E-state index in [1.807, 2.05) is 24.3 Å². The summed E-state index contributed by atoms with van der Waals surface area (Å²) in [4.78, 5) is 16.5. The van der Waals surface area contributed by atoms with Crippen LogP contribution in [0, 0.1) is 5.92 Å². The highest BCUT2D eigenvalue weighted by atomic mass is 79.9. The molecule has 0 aliphatic carbocycles. The lowest BCUT2D eigenvalue weighted by Gasteiger charge is -2.09. The van der Waals surface area contributed by atoms with E-state index in [0.29, 0.717) is 11.5 Å². The van der Waals surface area contributed by atoms with Gasteiger partial charge in [-0.3, -0.25) is 9.78 Å². The zero-order chi connectivity index (χ0) is 14.0. The molecule has 0 saturated carbocycles. The molecule has 1 aromatic heterocycles. The lowest BCUT2D eigenvalue weighted by Crippen LogP contribution is -2.18. The van der Waals surface area contributed by atoms with Crippen molar-refractivity contribution in [3.05, 3.63) is 40.0 Å². The Bertz CT molecular complexity index is 623. The first kappa shape index (κ1) is 14.0. The average molecular weight is 321 g/mol. The fourth-order valence-electron chi connectivity index (χ4n) is 2.09. The van der Waals surface area contributed by atoms with Gasteiger partial charge in [-0.05, 0) is 46.5 Å². The Kier molecular flexibility index (Phi) is 4.20. The van der Waals surface area contributed by atoms with Crippen LogP contribution in [0.5, 0.6) is 0 Å². The summed E-state index contributed by atoms with van der Waals surface area (Å²) in [5.41, 5.74) is 2.56. The minimum absolute atomic E-state index is 0.0871. The summed E-state index contributed by atoms with van der Waals surface area (Å²) < 4.78 is 0.917. The summed E-state index contributed by atoms with van der Waals surface area (Å²) in [6, 6.07) is 7.67. The Labute approximate surface area is 121 Å². The van der Waals surface area contributed by atoms with Crippen molar-refractivity contribution in [1.82, 2.24) is 10.3 Å². The zero-order valence-corrected chi connectivity index (χ0v) is 12.9. The van der Waals surface area contributed by atoms with Crippen LogP contribution >= 0.6 is 15.9 Å². The van der Waals surface area contributed by atoms with E-state index in [1.165, 1.54) is 0 Å². The van der Waals surface area contributed by atoms with Gasteiger partial charge in [0, 0.05) is 28.2 Å². The van der Waals surface area contributed by atoms with Gasteiger partial charge in [-0.2, -0.15) is 0 Å². The van der Waals surface area contributed by atoms with E-state index >= 15 is 0 Å². The second kappa shape index (κ2) is 5.70. The largest absolute Gasteiger partial charge is 0.355 e. The molecule has 1 aromatic carbocycles. The molecule has 1 heterocycles. The maximum absolute atomic E-state index is 11.8. The van der Waals surface area contributed by atoms with E-state index in [9.17, 15) is 4.79 Å². The molecule has 0 unspecified atom stereocenters. The molecule has 0 aliphatic heterocycles. The van der Waals surface area contributed by atoms with E-state index in [1.54, 1.807) is 7.05 Å². The number of benzene rings is 1. The number of carbonyl (C=O) groups excluding carboxylic acids is 1. The van der Waals surface area contributed by atoms with Crippen molar-refractivity contribution >= 4 is 32.7 Å². The lowest BCUT2D eigenvalue weighted by atomic mass is 10.0. The summed E-state index contributed by atoms with van der Waals surface area (Å²) in [7, 11) is 1.64. The smallest absolute Gasteiger partial charge is 0.251 e. The van der Waals surface area contributed by atoms with Gasteiger partial charge in [0.1, 0.15) is 0 Å². The minimum Gasteiger partial charge on any atom is -0.355 e. The Balaban J connectivity index is 2.59. The molecular formula is C15H17BrN2O. The number of halogens is 1. The van der Waals surface area contributed by atoms with Crippen LogP contribution in [0.25, 0.3) is 10.9 Å². The van der Waals surface area contributed by atoms with Gasteiger partial charge in [0.25, 0.3) is 5.91 Å². The summed E-state index contributed by atoms with van der Waals surface area (Å²) in [6.07, 6.45) is 0.937. The van der Waals surface area contributed by atoms with Gasteiger partial charge in [-0.25, -0.2) is 0 Å². The third-order valence-corrected chi connectivity index (χ3v) is 3.59. The number of nitrogens with zero attached hydrogens (tertiary/aromatic N) is 1. The van der Waals surface area contributed by atoms with E-state index in [2.05, 4.69) is 40.1 Å². The highest BCUT2D eigenvalue weighted by Gasteiger charge is 2.12. The molecule has 0 saturated heterocycles. The molecule has 0 fully saturated rings. The number of nitrogens with one attached hydrogen (secondary N) is 1. The number of hydrogen-bond acceptors (Lipinski definition) is 2. The van der Waals surface area contributed by atoms with Crippen molar-refractivity contribution in [2.45, 2.75) is 20.3 Å². The second-order valence-corrected chi connectivity index (χ2v) is 5.83. The summed E-state index contributed by atoms with van der Waals surface area (Å²) in [5, 5.41) is 3.53. The summed E-state index contributed by atoms with van der Waals surface area (Å²) >= 11 is 3.51. The van der Waals surface area contributed by atoms with Crippen molar-refractivity contribution in [2.75, 3.05) is 7.05 Å². The second-order valence-electron chi connectivity index (χ2n) is 4.97. The number of fused-ring (bicyclic) bond motifs is 1. The molecule has 0 bridgehead atoms. The predicted octanol–water partition coefficient (Wildman–Crippen LogP) is 3.56. The monoisotopic (exact) mass is 320 g/mol. The highest BCUT2D eigenvalue weighted by molar-refractivity contribution is 9.10. The number of rotatable bonds is 3. The van der Waals surface area contributed by atoms with E-state index in [-0.39, 0.29) is 5.91 Å². The van der Waals surface area contributed by atoms with Crippen LogP contribution in [-0.4, -0.2) is 17.9 Å². The van der Waals surface area contributed by atoms with Gasteiger partial charge < -0.3 is 5.32 Å². The minimum atomic E-state index is -0.0871. The SMILES string of the molecule is CNC(=O)c1ccc(Br)c2nc(CC(C)C)ccc12. The zero-order valence-electron chi connectivity index (χ0n) is 11.3. The Hall–Kier alpha value is -1.42. The third kappa shape index (κ3) is 2.95. The van der Waals surface area contributed by atoms with Gasteiger partial charge in [0.2, 0.25) is 0 Å². The maximum Gasteiger partial charge on any atom is 0.251 e. The van der Waals surface area contributed by atoms with Crippen molar-refractivity contribution in [3.63, 3.8) is 0 Å². The quantitative estimate of drug-likeness (QED) is 0.939. The Morgan fingerprint density at radius 3 is 2.68 bits per heavy atom. The normalized spacial score (nSPS) is 11.0. The first-order chi connectivity index (χ1) is 9.02. The van der Waals surface area contributed by atoms with E-state index in [4.69, 9.17) is 0 Å². The summed E-state index contributed by atoms with van der Waals surface area (Å²) in [5.74, 6) is 0.474. The fraction of sp³-hybridized carbons (Fsp3) is 0.333. The maximum atomic E-state index is 11.8. The fourth-order valence-corrected chi connectivity index (χ4v) is 2.52. The van der Waals surface area contributed by atoms with Crippen LogP contribution in [0.4, 0.5) is 0 Å². The Morgan fingerprint density at radius 2 is 2.05 bits per heavy atom. The highest BCUT2D eigenvalue weighted by Crippen LogP contribution is 2.26. The van der Waals surface area contributed by atoms with Crippen LogP contribution in [0.15, 0.2) is 28.7 Å². The first-order valence-electron chi connectivity index (χ1n) is 6.33. The number of hydrogen-bond donors (Lipinski definition) is 1. The van der Waals surface area contributed by atoms with Crippen LogP contribution in [0.3, 0.4) is 0 Å². The molecule has 0 atom stereocenters. The predicted molar refractivity (Wildman–Crippen MR) is 81.4 cm³/mol. The Morgan fingerprint density at radius 1 is 1.32 bits per heavy atom. The third-order valence-electron chi connectivity index (χ3n) is 2.95. The molecule has 19 heavy (non-hydrogen) atoms.